The number of carbonyl (C=O) groups is 2. The molecule has 24 nitrogen and oxygen atoms in total. The van der Waals surface area contributed by atoms with E-state index in [9.17, 15) is 67.4 Å². The molecule has 2 N–H and O–H groups in total. The number of rotatable bonds is 29. The average Bonchev–Trinajstić information content (AvgIpc) is 1.47. The maximum absolute atomic E-state index is 14.5. The summed E-state index contributed by atoms with van der Waals surface area (Å²) in [6, 6.07) is 38.3. The van der Waals surface area contributed by atoms with Crippen LogP contribution in [-0.2, 0) is 55.6 Å². The van der Waals surface area contributed by atoms with Crippen LogP contribution in [0.15, 0.2) is 216 Å². The molecule has 0 saturated carbocycles. The molecule has 9 heterocycles. The quantitative estimate of drug-likeness (QED) is 0.0190. The number of carbonyl (C=O) groups excluding carboxylic acids is 2. The minimum absolute atomic E-state index is 0.0406. The van der Waals surface area contributed by atoms with Crippen molar-refractivity contribution in [1.82, 2.24) is 55.8 Å². The van der Waals surface area contributed by atoms with Crippen LogP contribution in [0, 0.1) is 27.7 Å². The van der Waals surface area contributed by atoms with E-state index in [0.29, 0.717) is 105 Å². The normalized spacial score (nSPS) is 16.5. The standard InChI is InChI=1S/C26H29F3N2O4.C25H26F3N3O3.C23H22F3N3O3.C16H18F3N3O3/c1-4-6-10-16-34-23-19(3)13-14-21(31-23)22(32)17-30-24(33)25(15-5-2,26(27,28)29)35-18-20-11-8-7-9-12-20;1-4-6-10-16-32-21-18(3)13-14-20(29-21)22-30-31-23(34-22)24(15-5-2,25(26,27)28)33-17-19-11-8-7-9-12-19;1-16-11-12-18-20-28-29-21(32-20)22(23(24,25)26,31-15-17-9-5-4-6-10-17)13-7-2-3-8-14-30-19(16)27-18;1-10-6-7-11-13-21-22-14(25-13)15(23,16(17,18)19)8-4-2-3-5-9-24-12(10)20-11/h4-5,7-9,11-14H,1-2,6,10,15-18H2,3H3,(H,30,33);4-5,7-9,11-14H,1-2,6,10,15-17H2,3H3;2,4-7,9-12H,3,8,13-15H2,1H3;6-7,23H,2-5,8-9H2,1H3. The van der Waals surface area contributed by atoms with Crippen molar-refractivity contribution in [3.05, 3.63) is 265 Å². The highest BCUT2D eigenvalue weighted by molar-refractivity contribution is 5.99. The number of amides is 1. The predicted octanol–water partition coefficient (Wildman–Crippen LogP) is 20.5. The van der Waals surface area contributed by atoms with Gasteiger partial charge in [0, 0.05) is 41.5 Å². The van der Waals surface area contributed by atoms with Crippen molar-refractivity contribution in [3.63, 3.8) is 0 Å². The zero-order valence-electron chi connectivity index (χ0n) is 69.5. The van der Waals surface area contributed by atoms with Crippen LogP contribution in [0.25, 0.3) is 34.8 Å². The maximum atomic E-state index is 14.5. The van der Waals surface area contributed by atoms with Gasteiger partial charge in [-0.15, -0.1) is 56.9 Å². The van der Waals surface area contributed by atoms with Crippen LogP contribution < -0.4 is 24.3 Å². The Morgan fingerprint density at radius 3 is 1.51 bits per heavy atom. The zero-order valence-corrected chi connectivity index (χ0v) is 69.5. The number of pyridine rings is 4. The van der Waals surface area contributed by atoms with Crippen molar-refractivity contribution < 1.29 is 114 Å². The van der Waals surface area contributed by atoms with Gasteiger partial charge in [-0.25, -0.2) is 19.9 Å². The van der Waals surface area contributed by atoms with Gasteiger partial charge in [-0.05, 0) is 126 Å². The van der Waals surface area contributed by atoms with Crippen LogP contribution >= 0.6 is 0 Å². The highest BCUT2D eigenvalue weighted by Gasteiger charge is 2.64. The molecule has 672 valence electrons. The topological polar surface area (TPSA) is 299 Å². The van der Waals surface area contributed by atoms with Crippen LogP contribution in [0.2, 0.25) is 0 Å². The van der Waals surface area contributed by atoms with Crippen LogP contribution in [-0.4, -0.2) is 131 Å². The molecule has 0 saturated heterocycles. The SMILES string of the molecule is C=CCCCOc1nc(-c2nnc(C(CC=C)(OCc3ccccc3)C(F)(F)F)o2)ccc1C.C=CCCCOc1nc(C(=O)CNC(=O)C(CC=C)(OCc2ccccc2)C(F)(F)F)ccc1C.Cc1ccc2nc1OCCCC=CCC(OCc1ccccc1)(C(F)(F)F)c1nnc-2o1.Cc1ccc2nc1OCCCCCCC(O)(C(F)(F)F)c1nnc-2o1. The number of unbranched alkanes of at least 4 members (excludes halogenated alkanes) is 2. The number of halogens is 12. The molecule has 12 rings (SSSR count). The highest BCUT2D eigenvalue weighted by Crippen LogP contribution is 2.49. The van der Waals surface area contributed by atoms with E-state index < -0.39 is 115 Å². The fourth-order valence-electron chi connectivity index (χ4n) is 12.3. The summed E-state index contributed by atoms with van der Waals surface area (Å²) in [5.41, 5.74) is -6.75. The van der Waals surface area contributed by atoms with Gasteiger partial charge in [0.1, 0.15) is 22.8 Å². The van der Waals surface area contributed by atoms with Gasteiger partial charge in [0.2, 0.25) is 45.9 Å². The van der Waals surface area contributed by atoms with Gasteiger partial charge in [0.15, 0.2) is 5.78 Å². The molecule has 4 atom stereocenters. The monoisotopic (exact) mass is 1770 g/mol. The van der Waals surface area contributed by atoms with Gasteiger partial charge >= 0.3 is 24.7 Å². The Balaban J connectivity index is 0.000000191. The number of nitrogens with one attached hydrogen (secondary N) is 1. The molecule has 0 radical (unpaired) electrons. The second-order valence-corrected chi connectivity index (χ2v) is 29.0. The molecule has 8 bridgehead atoms. The number of nitrogens with zero attached hydrogens (tertiary/aromatic N) is 10. The molecule has 0 aliphatic carbocycles. The van der Waals surface area contributed by atoms with Crippen molar-refractivity contribution in [2.45, 2.75) is 185 Å². The first kappa shape index (κ1) is 97.5. The number of ether oxygens (including phenoxy) is 7. The molecule has 2 aliphatic heterocycles. The van der Waals surface area contributed by atoms with E-state index in [2.05, 4.69) is 82.2 Å². The van der Waals surface area contributed by atoms with Crippen molar-refractivity contribution in [2.24, 2.45) is 0 Å². The van der Waals surface area contributed by atoms with E-state index in [1.54, 1.807) is 159 Å². The number of allylic oxidation sites excluding steroid dienone is 3. The number of aryl methyl sites for hydroxylation is 4. The van der Waals surface area contributed by atoms with E-state index >= 15 is 0 Å². The summed E-state index contributed by atoms with van der Waals surface area (Å²) in [6.45, 7) is 21.2. The molecule has 1 amide bonds. The van der Waals surface area contributed by atoms with Gasteiger partial charge in [-0.1, -0.05) is 165 Å². The lowest BCUT2D eigenvalue weighted by atomic mass is 9.95. The fraction of sp³-hybridized carbons (Fsp3) is 0.378. The molecule has 7 aromatic heterocycles. The molecule has 4 unspecified atom stereocenters. The number of benzene rings is 3. The third-order valence-corrected chi connectivity index (χ3v) is 19.5. The van der Waals surface area contributed by atoms with Crippen LogP contribution in [0.3, 0.4) is 0 Å². The average molecular weight is 1770 g/mol. The minimum Gasteiger partial charge on any atom is -0.477 e. The number of hydrogen-bond donors (Lipinski definition) is 2. The Morgan fingerprint density at radius 2 is 0.976 bits per heavy atom. The fourth-order valence-corrected chi connectivity index (χ4v) is 12.3. The number of hydrogen-bond acceptors (Lipinski definition) is 23. The van der Waals surface area contributed by atoms with Crippen molar-refractivity contribution >= 4 is 11.7 Å². The summed E-state index contributed by atoms with van der Waals surface area (Å²) in [4.78, 5) is 42.5. The number of aliphatic hydroxyl groups is 1. The Kier molecular flexibility index (Phi) is 34.9. The first-order chi connectivity index (χ1) is 60.1. The van der Waals surface area contributed by atoms with Crippen molar-refractivity contribution in [3.8, 4) is 58.3 Å². The lowest BCUT2D eigenvalue weighted by Gasteiger charge is -2.33. The molecular formula is C90H95F12N11O13. The molecule has 0 fully saturated rings. The highest BCUT2D eigenvalue weighted by atomic mass is 19.4. The summed E-state index contributed by atoms with van der Waals surface area (Å²) in [7, 11) is 0. The summed E-state index contributed by atoms with van der Waals surface area (Å²) in [5, 5.41) is 34.5. The summed E-state index contributed by atoms with van der Waals surface area (Å²) >= 11 is 0. The lowest BCUT2D eigenvalue weighted by Crippen LogP contribution is -2.59. The number of ketones is 1. The first-order valence-corrected chi connectivity index (χ1v) is 40.0. The third kappa shape index (κ3) is 25.5. The summed E-state index contributed by atoms with van der Waals surface area (Å²) in [5.74, 6) is -3.57. The van der Waals surface area contributed by atoms with E-state index in [4.69, 9.17) is 46.4 Å². The Morgan fingerprint density at radius 1 is 0.492 bits per heavy atom. The van der Waals surface area contributed by atoms with Gasteiger partial charge in [0.05, 0.1) is 52.8 Å². The van der Waals surface area contributed by atoms with E-state index in [1.165, 1.54) is 12.1 Å². The Hall–Kier alpha value is -12.3. The summed E-state index contributed by atoms with van der Waals surface area (Å²) in [6.07, 6.45) is -7.11. The van der Waals surface area contributed by atoms with Gasteiger partial charge in [-0.3, -0.25) is 9.59 Å². The van der Waals surface area contributed by atoms with E-state index in [1.807, 2.05) is 20.8 Å². The molecule has 3 aromatic carbocycles. The molecule has 126 heavy (non-hydrogen) atoms. The number of alkyl halides is 12. The molecule has 0 spiro atoms. The first-order valence-electron chi connectivity index (χ1n) is 40.0. The molecular weight excluding hydrogens is 1670 g/mol. The van der Waals surface area contributed by atoms with Crippen molar-refractivity contribution in [1.29, 1.82) is 0 Å². The lowest BCUT2D eigenvalue weighted by molar-refractivity contribution is -0.296. The maximum Gasteiger partial charge on any atom is 0.426 e. The van der Waals surface area contributed by atoms with Gasteiger partial charge < -0.3 is 56.8 Å². The van der Waals surface area contributed by atoms with Crippen LogP contribution in [0.5, 0.6) is 23.5 Å². The number of aromatic nitrogens is 10. The van der Waals surface area contributed by atoms with Crippen molar-refractivity contribution in [2.75, 3.05) is 33.0 Å². The number of fused-ring (bicyclic) bond motifs is 10. The van der Waals surface area contributed by atoms with Crippen LogP contribution in [0.4, 0.5) is 52.7 Å². The predicted molar refractivity (Wildman–Crippen MR) is 438 cm³/mol. The number of Topliss-reactive ketones (excluding diaryl/α,β-unsaturated/α-hetero) is 1. The Labute approximate surface area is 718 Å². The largest absolute Gasteiger partial charge is 0.477 e. The molecule has 2 aliphatic rings. The summed E-state index contributed by atoms with van der Waals surface area (Å²) < 4.78 is 224. The van der Waals surface area contributed by atoms with Crippen LogP contribution in [0.1, 0.15) is 157 Å². The Bertz CT molecular complexity index is 5230. The zero-order chi connectivity index (χ0) is 91.2. The second kappa shape index (κ2) is 45.0. The van der Waals surface area contributed by atoms with Gasteiger partial charge in [0.25, 0.3) is 41.3 Å². The van der Waals surface area contributed by atoms with Gasteiger partial charge in [-0.2, -0.15) is 52.7 Å². The second-order valence-electron chi connectivity index (χ2n) is 29.0. The van der Waals surface area contributed by atoms with E-state index in [-0.39, 0.29) is 66.0 Å². The third-order valence-electron chi connectivity index (χ3n) is 19.5. The smallest absolute Gasteiger partial charge is 0.426 e. The van der Waals surface area contributed by atoms with E-state index in [0.717, 1.165) is 48.1 Å². The minimum atomic E-state index is -5.06. The molecule has 36 heteroatoms. The molecule has 10 aromatic rings.